The van der Waals surface area contributed by atoms with Gasteiger partial charge in [-0.1, -0.05) is 44.2 Å². The Balaban J connectivity index is 1.51. The summed E-state index contributed by atoms with van der Waals surface area (Å²) in [6, 6.07) is 23.3. The average Bonchev–Trinajstić information content (AvgIpc) is 3.29. The number of aliphatic carboxylic acids is 1. The van der Waals surface area contributed by atoms with Crippen LogP contribution in [-0.2, 0) is 22.4 Å². The molecule has 0 aliphatic heterocycles. The second-order valence-corrected chi connectivity index (χ2v) is 10.2. The molecule has 0 aliphatic rings. The van der Waals surface area contributed by atoms with Crippen LogP contribution in [0.5, 0.6) is 5.75 Å². The van der Waals surface area contributed by atoms with Gasteiger partial charge in [-0.3, -0.25) is 9.59 Å². The van der Waals surface area contributed by atoms with Gasteiger partial charge in [0.15, 0.2) is 5.78 Å². The number of aromatic nitrogens is 1. The van der Waals surface area contributed by atoms with Crippen molar-refractivity contribution in [2.24, 2.45) is 5.92 Å². The van der Waals surface area contributed by atoms with Crippen LogP contribution in [-0.4, -0.2) is 34.5 Å². The Kier molecular flexibility index (Phi) is 9.55. The molecule has 204 valence electrons. The largest absolute Gasteiger partial charge is 0.483 e. The zero-order valence-electron chi connectivity index (χ0n) is 22.9. The van der Waals surface area contributed by atoms with E-state index in [4.69, 9.17) is 14.6 Å². The zero-order valence-corrected chi connectivity index (χ0v) is 22.9. The van der Waals surface area contributed by atoms with Gasteiger partial charge in [0.05, 0.1) is 12.1 Å². The second kappa shape index (κ2) is 13.3. The number of nitrogens with zero attached hydrogens (tertiary/aromatic N) is 1. The fourth-order valence-corrected chi connectivity index (χ4v) is 4.79. The number of hydrogen-bond acceptors (Lipinski definition) is 4. The van der Waals surface area contributed by atoms with Gasteiger partial charge in [0, 0.05) is 36.0 Å². The molecule has 39 heavy (non-hydrogen) atoms. The third kappa shape index (κ3) is 7.36. The van der Waals surface area contributed by atoms with Crippen molar-refractivity contribution in [3.8, 4) is 5.75 Å². The zero-order chi connectivity index (χ0) is 27.8. The van der Waals surface area contributed by atoms with Crippen LogP contribution in [0.1, 0.15) is 72.5 Å². The lowest BCUT2D eigenvalue weighted by Gasteiger charge is -2.20. The highest BCUT2D eigenvalue weighted by Crippen LogP contribution is 2.26. The van der Waals surface area contributed by atoms with Gasteiger partial charge in [-0.05, 0) is 85.7 Å². The molecule has 2 heterocycles. The average molecular weight is 528 g/mol. The van der Waals surface area contributed by atoms with E-state index >= 15 is 0 Å². The van der Waals surface area contributed by atoms with Crippen LogP contribution in [0.3, 0.4) is 0 Å². The molecule has 0 fully saturated rings. The van der Waals surface area contributed by atoms with Crippen LogP contribution < -0.4 is 4.74 Å². The molecule has 2 aromatic heterocycles. The topological polar surface area (TPSA) is 77.2 Å². The third-order valence-electron chi connectivity index (χ3n) is 6.69. The maximum atomic E-state index is 13.5. The normalized spacial score (nSPS) is 12.1. The molecule has 4 aromatic rings. The van der Waals surface area contributed by atoms with Gasteiger partial charge in [0.2, 0.25) is 0 Å². The number of carbonyl (C=O) groups excluding carboxylic acids is 1. The van der Waals surface area contributed by atoms with E-state index in [2.05, 4.69) is 38.1 Å². The Morgan fingerprint density at radius 1 is 0.974 bits per heavy atom. The van der Waals surface area contributed by atoms with Crippen LogP contribution in [0.15, 0.2) is 79.0 Å². The molecular formula is C33H37NO5. The first kappa shape index (κ1) is 28.1. The van der Waals surface area contributed by atoms with Crippen LogP contribution in [0.25, 0.3) is 5.52 Å². The van der Waals surface area contributed by atoms with Crippen molar-refractivity contribution in [1.82, 2.24) is 4.40 Å². The molecule has 0 saturated carbocycles. The summed E-state index contributed by atoms with van der Waals surface area (Å²) in [4.78, 5) is 24.4. The molecular weight excluding hydrogens is 490 g/mol. The molecule has 0 spiro atoms. The standard InChI is InChI=1S/C33H37NO5/c1-4-38-22-31(25-13-11-24(12-14-25)20-23(2)3)39-28-17-15-26(16-18-28)33(37)29-21-27(8-7-10-32(35)36)34-19-6-5-9-30(29)34/h5-6,9,11-19,21,23,31H,4,7-8,10,20,22H2,1-3H3,(H,35,36)/t31-/m1/s1. The van der Waals surface area contributed by atoms with Gasteiger partial charge in [-0.25, -0.2) is 0 Å². The Labute approximate surface area is 230 Å². The van der Waals surface area contributed by atoms with Crippen molar-refractivity contribution in [2.75, 3.05) is 13.2 Å². The molecule has 2 aromatic carbocycles. The number of pyridine rings is 1. The number of carboxylic acid groups (broad SMARTS) is 1. The van der Waals surface area contributed by atoms with Gasteiger partial charge < -0.3 is 19.0 Å². The number of ether oxygens (including phenoxy) is 2. The van der Waals surface area contributed by atoms with Crippen LogP contribution in [0.4, 0.5) is 0 Å². The summed E-state index contributed by atoms with van der Waals surface area (Å²) in [5.41, 5.74) is 5.25. The van der Waals surface area contributed by atoms with Crippen molar-refractivity contribution in [3.05, 3.63) is 107 Å². The molecule has 6 heteroatoms. The van der Waals surface area contributed by atoms with Crippen LogP contribution >= 0.6 is 0 Å². The molecule has 0 aliphatic carbocycles. The second-order valence-electron chi connectivity index (χ2n) is 10.2. The first-order chi connectivity index (χ1) is 18.9. The SMILES string of the molecule is CCOC[C@@H](Oc1ccc(C(=O)c2cc(CCCC(=O)O)n3ccccc23)cc1)c1ccc(CC(C)C)cc1. The predicted molar refractivity (Wildman–Crippen MR) is 153 cm³/mol. The van der Waals surface area contributed by atoms with Gasteiger partial charge in [0.1, 0.15) is 11.9 Å². The number of rotatable bonds is 14. The van der Waals surface area contributed by atoms with Crippen molar-refractivity contribution in [2.45, 2.75) is 52.6 Å². The first-order valence-electron chi connectivity index (χ1n) is 13.6. The van der Waals surface area contributed by atoms with E-state index in [0.717, 1.165) is 23.2 Å². The van der Waals surface area contributed by atoms with E-state index in [0.29, 0.717) is 48.8 Å². The lowest BCUT2D eigenvalue weighted by atomic mass is 10.0. The van der Waals surface area contributed by atoms with E-state index in [-0.39, 0.29) is 18.3 Å². The number of ketones is 1. The molecule has 6 nitrogen and oxygen atoms in total. The quantitative estimate of drug-likeness (QED) is 0.180. The molecule has 1 atom stereocenters. The summed E-state index contributed by atoms with van der Waals surface area (Å²) in [6.07, 6.45) is 3.87. The summed E-state index contributed by atoms with van der Waals surface area (Å²) < 4.78 is 14.0. The Bertz CT molecular complexity index is 1390. The van der Waals surface area contributed by atoms with Gasteiger partial charge in [0.25, 0.3) is 0 Å². The number of hydrogen-bond donors (Lipinski definition) is 1. The predicted octanol–water partition coefficient (Wildman–Crippen LogP) is 6.93. The van der Waals surface area contributed by atoms with Crippen molar-refractivity contribution in [3.63, 3.8) is 0 Å². The van der Waals surface area contributed by atoms with Crippen molar-refractivity contribution < 1.29 is 24.2 Å². The van der Waals surface area contributed by atoms with E-state index in [1.807, 2.05) is 53.9 Å². The maximum absolute atomic E-state index is 13.5. The van der Waals surface area contributed by atoms with Crippen molar-refractivity contribution in [1.29, 1.82) is 0 Å². The number of benzene rings is 2. The minimum atomic E-state index is -0.818. The molecule has 0 radical (unpaired) electrons. The highest BCUT2D eigenvalue weighted by molar-refractivity contribution is 6.13. The highest BCUT2D eigenvalue weighted by atomic mass is 16.5. The van der Waals surface area contributed by atoms with E-state index in [1.54, 1.807) is 12.1 Å². The minimum Gasteiger partial charge on any atom is -0.483 e. The fourth-order valence-electron chi connectivity index (χ4n) is 4.79. The summed E-state index contributed by atoms with van der Waals surface area (Å²) in [5.74, 6) is 0.363. The number of aryl methyl sites for hydroxylation is 1. The highest BCUT2D eigenvalue weighted by Gasteiger charge is 2.18. The Morgan fingerprint density at radius 3 is 2.38 bits per heavy atom. The molecule has 0 amide bonds. The molecule has 0 bridgehead atoms. The van der Waals surface area contributed by atoms with Gasteiger partial charge >= 0.3 is 5.97 Å². The first-order valence-corrected chi connectivity index (χ1v) is 13.6. The van der Waals surface area contributed by atoms with Crippen molar-refractivity contribution >= 4 is 17.3 Å². The molecule has 0 unspecified atom stereocenters. The molecule has 1 N–H and O–H groups in total. The lowest BCUT2D eigenvalue weighted by molar-refractivity contribution is -0.137. The minimum absolute atomic E-state index is 0.0821. The Morgan fingerprint density at radius 2 is 1.72 bits per heavy atom. The smallest absolute Gasteiger partial charge is 0.303 e. The summed E-state index contributed by atoms with van der Waals surface area (Å²) in [7, 11) is 0. The van der Waals surface area contributed by atoms with E-state index < -0.39 is 5.97 Å². The monoisotopic (exact) mass is 527 g/mol. The number of carbonyl (C=O) groups is 2. The van der Waals surface area contributed by atoms with Gasteiger partial charge in [-0.2, -0.15) is 0 Å². The van der Waals surface area contributed by atoms with E-state index in [1.165, 1.54) is 5.56 Å². The van der Waals surface area contributed by atoms with Crippen LogP contribution in [0, 0.1) is 5.92 Å². The van der Waals surface area contributed by atoms with Crippen LogP contribution in [0.2, 0.25) is 0 Å². The number of carboxylic acids is 1. The summed E-state index contributed by atoms with van der Waals surface area (Å²) in [6.45, 7) is 7.42. The lowest BCUT2D eigenvalue weighted by Crippen LogP contribution is -2.15. The Hall–Kier alpha value is -3.90. The maximum Gasteiger partial charge on any atom is 0.303 e. The van der Waals surface area contributed by atoms with E-state index in [9.17, 15) is 9.59 Å². The third-order valence-corrected chi connectivity index (χ3v) is 6.69. The summed E-state index contributed by atoms with van der Waals surface area (Å²) >= 11 is 0. The molecule has 0 saturated heterocycles. The fraction of sp³-hybridized carbons (Fsp3) is 0.333. The molecule has 4 rings (SSSR count). The number of fused-ring (bicyclic) bond motifs is 1. The van der Waals surface area contributed by atoms with Gasteiger partial charge in [-0.15, -0.1) is 0 Å². The summed E-state index contributed by atoms with van der Waals surface area (Å²) in [5, 5.41) is 8.99.